The number of ether oxygens (including phenoxy) is 2. The number of carbonyl (C=O) groups excluding carboxylic acids is 1. The lowest BCUT2D eigenvalue weighted by Gasteiger charge is -2.37. The van der Waals surface area contributed by atoms with Crippen molar-refractivity contribution in [2.24, 2.45) is 4.99 Å². The lowest BCUT2D eigenvalue weighted by Crippen LogP contribution is -2.34. The molecule has 0 saturated heterocycles. The van der Waals surface area contributed by atoms with Crippen LogP contribution in [0.4, 0.5) is 17.1 Å². The molecule has 37 heavy (non-hydrogen) atoms. The Hall–Kier alpha value is -4.26. The molecular weight excluding hydrogens is 466 g/mol. The Kier molecular flexibility index (Phi) is 6.04. The van der Waals surface area contributed by atoms with Crippen molar-refractivity contribution < 1.29 is 18.7 Å². The first kappa shape index (κ1) is 23.2. The number of hydrogen-bond donors (Lipinski definition) is 1. The van der Waals surface area contributed by atoms with E-state index in [1.807, 2.05) is 54.6 Å². The van der Waals surface area contributed by atoms with Gasteiger partial charge in [0.2, 0.25) is 5.55 Å². The summed E-state index contributed by atoms with van der Waals surface area (Å²) in [6, 6.07) is 18.8. The first-order chi connectivity index (χ1) is 18.1. The Balaban J connectivity index is 1.55. The van der Waals surface area contributed by atoms with Crippen molar-refractivity contribution in [3.63, 3.8) is 0 Å². The number of nitrogens with one attached hydrogen (secondary N) is 1. The molecule has 0 spiro atoms. The van der Waals surface area contributed by atoms with Gasteiger partial charge in [-0.05, 0) is 67.6 Å². The highest BCUT2D eigenvalue weighted by Crippen LogP contribution is 2.40. The number of fused-ring (bicyclic) bond motifs is 2. The largest absolute Gasteiger partial charge is 0.497 e. The fraction of sp³-hybridized carbons (Fsp3) is 0.267. The number of carbonyl (C=O) groups is 1. The lowest BCUT2D eigenvalue weighted by atomic mass is 9.90. The summed E-state index contributed by atoms with van der Waals surface area (Å²) in [6.07, 6.45) is 4.21. The summed E-state index contributed by atoms with van der Waals surface area (Å²) < 4.78 is 17.3. The van der Waals surface area contributed by atoms with Gasteiger partial charge in [0.25, 0.3) is 5.91 Å². The van der Waals surface area contributed by atoms with Crippen molar-refractivity contribution in [2.45, 2.75) is 25.7 Å². The molecule has 7 heteroatoms. The van der Waals surface area contributed by atoms with Gasteiger partial charge in [0.05, 0.1) is 25.6 Å². The molecule has 1 aromatic heterocycles. The van der Waals surface area contributed by atoms with Gasteiger partial charge in [-0.2, -0.15) is 0 Å². The Morgan fingerprint density at radius 3 is 2.65 bits per heavy atom. The Morgan fingerprint density at radius 1 is 0.973 bits per heavy atom. The zero-order valence-electron chi connectivity index (χ0n) is 21.0. The molecule has 7 nitrogen and oxygen atoms in total. The van der Waals surface area contributed by atoms with Crippen LogP contribution in [-0.2, 0) is 12.8 Å². The molecule has 3 heterocycles. The number of amides is 1. The van der Waals surface area contributed by atoms with Crippen LogP contribution in [0, 0.1) is 0 Å². The molecule has 0 unspecified atom stereocenters. The SMILES string of the molecule is COc1cccc(N=c2oc3c4c5c(cc3cc2C(=O)Nc2ccccc2OC)CCCN5CCC4)c1. The first-order valence-electron chi connectivity index (χ1n) is 12.7. The minimum absolute atomic E-state index is 0.261. The number of methoxy groups -OCH3 is 2. The molecule has 0 saturated carbocycles. The van der Waals surface area contributed by atoms with Crippen LogP contribution in [0.15, 0.2) is 70.1 Å². The minimum Gasteiger partial charge on any atom is -0.497 e. The Morgan fingerprint density at radius 2 is 1.81 bits per heavy atom. The van der Waals surface area contributed by atoms with Crippen LogP contribution in [0.1, 0.15) is 34.3 Å². The average molecular weight is 496 g/mol. The van der Waals surface area contributed by atoms with E-state index in [-0.39, 0.29) is 11.5 Å². The molecule has 0 radical (unpaired) electrons. The fourth-order valence-electron chi connectivity index (χ4n) is 5.43. The third-order valence-corrected chi connectivity index (χ3v) is 7.11. The van der Waals surface area contributed by atoms with Crippen molar-refractivity contribution in [2.75, 3.05) is 37.5 Å². The molecule has 1 amide bonds. The van der Waals surface area contributed by atoms with Gasteiger partial charge in [0.15, 0.2) is 0 Å². The molecule has 0 fully saturated rings. The maximum absolute atomic E-state index is 13.6. The van der Waals surface area contributed by atoms with Crippen molar-refractivity contribution in [1.29, 1.82) is 0 Å². The smallest absolute Gasteiger partial charge is 0.261 e. The molecule has 4 aromatic rings. The fourth-order valence-corrected chi connectivity index (χ4v) is 5.43. The third-order valence-electron chi connectivity index (χ3n) is 7.11. The van der Waals surface area contributed by atoms with Crippen molar-refractivity contribution in [3.05, 3.63) is 82.9 Å². The van der Waals surface area contributed by atoms with E-state index in [9.17, 15) is 4.79 Å². The van der Waals surface area contributed by atoms with Crippen molar-refractivity contribution >= 4 is 33.9 Å². The van der Waals surface area contributed by atoms with E-state index in [4.69, 9.17) is 18.9 Å². The topological polar surface area (TPSA) is 76.3 Å². The molecule has 2 aliphatic rings. The number of para-hydroxylation sites is 2. The second-order valence-electron chi connectivity index (χ2n) is 9.41. The third kappa shape index (κ3) is 4.31. The number of benzene rings is 3. The van der Waals surface area contributed by atoms with Crippen LogP contribution in [0.25, 0.3) is 11.0 Å². The van der Waals surface area contributed by atoms with Gasteiger partial charge < -0.3 is 24.1 Å². The van der Waals surface area contributed by atoms with Gasteiger partial charge >= 0.3 is 0 Å². The maximum atomic E-state index is 13.6. The van der Waals surface area contributed by atoms with Gasteiger partial charge in [-0.1, -0.05) is 18.2 Å². The number of rotatable bonds is 5. The number of anilines is 2. The van der Waals surface area contributed by atoms with Crippen molar-refractivity contribution in [3.8, 4) is 11.5 Å². The van der Waals surface area contributed by atoms with Gasteiger partial charge in [0.1, 0.15) is 22.6 Å². The molecule has 188 valence electrons. The highest BCUT2D eigenvalue weighted by molar-refractivity contribution is 6.06. The molecule has 1 N–H and O–H groups in total. The summed E-state index contributed by atoms with van der Waals surface area (Å²) in [5, 5.41) is 3.91. The molecule has 0 bridgehead atoms. The quantitative estimate of drug-likeness (QED) is 0.388. The number of aryl methyl sites for hydroxylation is 2. The second kappa shape index (κ2) is 9.65. The molecular formula is C30H29N3O4. The van der Waals surface area contributed by atoms with Crippen LogP contribution in [0.5, 0.6) is 11.5 Å². The monoisotopic (exact) mass is 495 g/mol. The minimum atomic E-state index is -0.315. The summed E-state index contributed by atoms with van der Waals surface area (Å²) >= 11 is 0. The van der Waals surface area contributed by atoms with E-state index in [0.717, 1.165) is 49.7 Å². The van der Waals surface area contributed by atoms with E-state index >= 15 is 0 Å². The summed E-state index contributed by atoms with van der Waals surface area (Å²) in [5.41, 5.74) is 6.51. The zero-order chi connectivity index (χ0) is 25.4. The van der Waals surface area contributed by atoms with E-state index in [1.54, 1.807) is 14.2 Å². The van der Waals surface area contributed by atoms with E-state index < -0.39 is 0 Å². The molecule has 6 rings (SSSR count). The van der Waals surface area contributed by atoms with Gasteiger partial charge in [-0.15, -0.1) is 0 Å². The lowest BCUT2D eigenvalue weighted by molar-refractivity contribution is 0.102. The van der Waals surface area contributed by atoms with Gasteiger partial charge in [-0.25, -0.2) is 4.99 Å². The molecule has 0 aliphatic carbocycles. The van der Waals surface area contributed by atoms with E-state index in [2.05, 4.69) is 16.3 Å². The summed E-state index contributed by atoms with van der Waals surface area (Å²) in [7, 11) is 3.20. The van der Waals surface area contributed by atoms with E-state index in [0.29, 0.717) is 28.4 Å². The van der Waals surface area contributed by atoms with E-state index in [1.165, 1.54) is 16.8 Å². The summed E-state index contributed by atoms with van der Waals surface area (Å²) in [5.74, 6) is 0.949. The molecule has 2 aliphatic heterocycles. The normalized spacial score (nSPS) is 14.9. The van der Waals surface area contributed by atoms with Gasteiger partial charge in [0, 0.05) is 35.8 Å². The summed E-state index contributed by atoms with van der Waals surface area (Å²) in [4.78, 5) is 20.9. The van der Waals surface area contributed by atoms with Crippen LogP contribution in [0.2, 0.25) is 0 Å². The number of hydrogen-bond acceptors (Lipinski definition) is 6. The molecule has 3 aromatic carbocycles. The predicted octanol–water partition coefficient (Wildman–Crippen LogP) is 5.63. The second-order valence-corrected chi connectivity index (χ2v) is 9.41. The first-order valence-corrected chi connectivity index (χ1v) is 12.7. The van der Waals surface area contributed by atoms with Crippen LogP contribution in [-0.4, -0.2) is 33.2 Å². The summed E-state index contributed by atoms with van der Waals surface area (Å²) in [6.45, 7) is 2.15. The molecule has 0 atom stereocenters. The van der Waals surface area contributed by atoms with Crippen LogP contribution >= 0.6 is 0 Å². The average Bonchev–Trinajstić information content (AvgIpc) is 2.93. The predicted molar refractivity (Wildman–Crippen MR) is 144 cm³/mol. The standard InChI is InChI=1S/C30H29N3O4/c1-35-22-10-5-9-21(18-22)31-30-24(29(34)32-25-12-3-4-13-26(25)36-2)17-20-16-19-8-6-14-33-15-7-11-23(27(19)33)28(20)37-30/h3-5,9-10,12-13,16-18H,6-8,11,14-15H2,1-2H3,(H,32,34). The Labute approximate surface area is 215 Å². The van der Waals surface area contributed by atoms with Gasteiger partial charge in [-0.3, -0.25) is 4.79 Å². The highest BCUT2D eigenvalue weighted by Gasteiger charge is 2.27. The van der Waals surface area contributed by atoms with Crippen LogP contribution in [0.3, 0.4) is 0 Å². The van der Waals surface area contributed by atoms with Crippen molar-refractivity contribution in [1.82, 2.24) is 0 Å². The zero-order valence-corrected chi connectivity index (χ0v) is 21.0. The maximum Gasteiger partial charge on any atom is 0.261 e. The number of nitrogens with zero attached hydrogens (tertiary/aromatic N) is 2. The highest BCUT2D eigenvalue weighted by atomic mass is 16.5. The van der Waals surface area contributed by atoms with Crippen LogP contribution < -0.4 is 25.2 Å². The Bertz CT molecular complexity index is 1570.